The Kier molecular flexibility index (Phi) is 1.74. The number of aryl methyl sites for hydroxylation is 2. The molecule has 0 bridgehead atoms. The van der Waals surface area contributed by atoms with Gasteiger partial charge in [0.1, 0.15) is 9.45 Å². The van der Waals surface area contributed by atoms with E-state index in [2.05, 4.69) is 27.7 Å². The summed E-state index contributed by atoms with van der Waals surface area (Å²) >= 11 is 2.24. The van der Waals surface area contributed by atoms with E-state index in [1.54, 1.807) is 6.07 Å². The molecule has 1 aliphatic rings. The minimum absolute atomic E-state index is 0.412. The average molecular weight is 300 g/mol. The van der Waals surface area contributed by atoms with E-state index in [9.17, 15) is 5.11 Å². The van der Waals surface area contributed by atoms with Crippen molar-refractivity contribution >= 4 is 33.5 Å². The number of hydrogen-bond donors (Lipinski definition) is 1. The number of halogens is 1. The van der Waals surface area contributed by atoms with Gasteiger partial charge in [0, 0.05) is 17.5 Å². The third kappa shape index (κ3) is 1.00. The van der Waals surface area contributed by atoms with Crippen LogP contribution in [-0.4, -0.2) is 14.9 Å². The summed E-state index contributed by atoms with van der Waals surface area (Å²) in [7, 11) is 0. The molecular formula is C10H9IN2O. The molecular weight excluding hydrogens is 291 g/mol. The van der Waals surface area contributed by atoms with Gasteiger partial charge in [0.05, 0.1) is 5.52 Å². The van der Waals surface area contributed by atoms with Gasteiger partial charge in [-0.3, -0.25) is 4.68 Å². The van der Waals surface area contributed by atoms with Crippen LogP contribution in [0.5, 0.6) is 5.75 Å². The highest BCUT2D eigenvalue weighted by Gasteiger charge is 2.18. The molecule has 2 aromatic rings. The van der Waals surface area contributed by atoms with E-state index in [0.717, 1.165) is 39.6 Å². The summed E-state index contributed by atoms with van der Waals surface area (Å²) in [6.07, 6.45) is 2.03. The number of phenols is 1. The molecule has 3 rings (SSSR count). The van der Waals surface area contributed by atoms with Gasteiger partial charge in [-0.1, -0.05) is 0 Å². The number of aromatic nitrogens is 2. The van der Waals surface area contributed by atoms with Crippen LogP contribution >= 0.6 is 22.6 Å². The van der Waals surface area contributed by atoms with Gasteiger partial charge < -0.3 is 5.11 Å². The second kappa shape index (κ2) is 2.85. The second-order valence-corrected chi connectivity index (χ2v) is 4.60. The van der Waals surface area contributed by atoms with E-state index in [-0.39, 0.29) is 0 Å². The second-order valence-electron chi connectivity index (χ2n) is 3.58. The number of rotatable bonds is 0. The molecule has 0 saturated carbocycles. The Hall–Kier alpha value is -0.780. The quantitative estimate of drug-likeness (QED) is 0.758. The summed E-state index contributed by atoms with van der Waals surface area (Å²) in [6.45, 7) is 0.968. The van der Waals surface area contributed by atoms with Crippen LogP contribution in [0.15, 0.2) is 12.1 Å². The van der Waals surface area contributed by atoms with Crippen molar-refractivity contribution in [2.24, 2.45) is 0 Å². The highest BCUT2D eigenvalue weighted by molar-refractivity contribution is 14.1. The monoisotopic (exact) mass is 300 g/mol. The van der Waals surface area contributed by atoms with Crippen LogP contribution in [0.25, 0.3) is 10.9 Å². The fourth-order valence-electron chi connectivity index (χ4n) is 2.11. The van der Waals surface area contributed by atoms with Crippen molar-refractivity contribution in [3.05, 3.63) is 21.4 Å². The normalized spacial score (nSPS) is 14.9. The predicted octanol–water partition coefficient (Wildman–Crippen LogP) is 2.29. The summed E-state index contributed by atoms with van der Waals surface area (Å²) in [4.78, 5) is 0. The Morgan fingerprint density at radius 3 is 3.14 bits per heavy atom. The van der Waals surface area contributed by atoms with Gasteiger partial charge in [0.2, 0.25) is 0 Å². The topological polar surface area (TPSA) is 38.1 Å². The van der Waals surface area contributed by atoms with Crippen LogP contribution in [0.2, 0.25) is 0 Å². The van der Waals surface area contributed by atoms with Crippen LogP contribution in [0.4, 0.5) is 0 Å². The van der Waals surface area contributed by atoms with E-state index in [1.165, 1.54) is 0 Å². The Morgan fingerprint density at radius 2 is 2.29 bits per heavy atom. The molecule has 14 heavy (non-hydrogen) atoms. The lowest BCUT2D eigenvalue weighted by Crippen LogP contribution is -2.08. The predicted molar refractivity (Wildman–Crippen MR) is 62.4 cm³/mol. The van der Waals surface area contributed by atoms with Crippen LogP contribution in [-0.2, 0) is 13.0 Å². The van der Waals surface area contributed by atoms with E-state index < -0.39 is 0 Å². The van der Waals surface area contributed by atoms with E-state index in [0.29, 0.717) is 5.75 Å². The van der Waals surface area contributed by atoms with Gasteiger partial charge in [-0.2, -0.15) is 5.10 Å². The van der Waals surface area contributed by atoms with Gasteiger partial charge >= 0.3 is 0 Å². The molecule has 0 saturated heterocycles. The fourth-order valence-corrected chi connectivity index (χ4v) is 2.81. The Balaban J connectivity index is 2.51. The molecule has 1 aliphatic heterocycles. The Bertz CT molecular complexity index is 518. The molecule has 0 radical (unpaired) electrons. The van der Waals surface area contributed by atoms with E-state index in [1.807, 2.05) is 10.7 Å². The standard InChI is InChI=1S/C10H9IN2O/c11-10-7-3-4-8(14)6-2-1-5-13(12-10)9(6)7/h3-4,14H,1-2,5H2. The zero-order valence-electron chi connectivity index (χ0n) is 7.50. The summed E-state index contributed by atoms with van der Waals surface area (Å²) in [6, 6.07) is 3.72. The molecule has 72 valence electrons. The molecule has 0 fully saturated rings. The molecule has 0 amide bonds. The van der Waals surface area contributed by atoms with Crippen molar-refractivity contribution in [1.82, 2.24) is 9.78 Å². The smallest absolute Gasteiger partial charge is 0.131 e. The van der Waals surface area contributed by atoms with Gasteiger partial charge in [-0.05, 0) is 47.6 Å². The van der Waals surface area contributed by atoms with Gasteiger partial charge in [0.15, 0.2) is 0 Å². The third-order valence-corrected chi connectivity index (χ3v) is 3.54. The summed E-state index contributed by atoms with van der Waals surface area (Å²) in [5.74, 6) is 0.412. The molecule has 0 atom stereocenters. The first-order valence-corrected chi connectivity index (χ1v) is 5.72. The summed E-state index contributed by atoms with van der Waals surface area (Å²) in [5.41, 5.74) is 2.19. The van der Waals surface area contributed by atoms with E-state index in [4.69, 9.17) is 0 Å². The van der Waals surface area contributed by atoms with Crippen molar-refractivity contribution in [2.45, 2.75) is 19.4 Å². The van der Waals surface area contributed by atoms with Crippen molar-refractivity contribution in [2.75, 3.05) is 0 Å². The first kappa shape index (κ1) is 8.52. The van der Waals surface area contributed by atoms with Gasteiger partial charge in [-0.15, -0.1) is 0 Å². The summed E-state index contributed by atoms with van der Waals surface area (Å²) in [5, 5.41) is 15.4. The van der Waals surface area contributed by atoms with Gasteiger partial charge in [0.25, 0.3) is 0 Å². The lowest BCUT2D eigenvalue weighted by molar-refractivity contribution is 0.461. The van der Waals surface area contributed by atoms with Crippen LogP contribution in [0, 0.1) is 3.70 Å². The molecule has 1 aromatic heterocycles. The number of benzene rings is 1. The maximum Gasteiger partial charge on any atom is 0.131 e. The zero-order valence-corrected chi connectivity index (χ0v) is 9.65. The number of nitrogens with zero attached hydrogens (tertiary/aromatic N) is 2. The van der Waals surface area contributed by atoms with Crippen LogP contribution in [0.3, 0.4) is 0 Å². The minimum Gasteiger partial charge on any atom is -0.508 e. The third-order valence-electron chi connectivity index (χ3n) is 2.74. The molecule has 0 aliphatic carbocycles. The zero-order chi connectivity index (χ0) is 9.71. The SMILES string of the molecule is Oc1ccc2c(I)nn3c2c1CCC3. The molecule has 1 aromatic carbocycles. The fraction of sp³-hybridized carbons (Fsp3) is 0.300. The lowest BCUT2D eigenvalue weighted by Gasteiger charge is -2.14. The van der Waals surface area contributed by atoms with Gasteiger partial charge in [-0.25, -0.2) is 0 Å². The molecule has 0 unspecified atom stereocenters. The first-order chi connectivity index (χ1) is 6.77. The highest BCUT2D eigenvalue weighted by atomic mass is 127. The van der Waals surface area contributed by atoms with E-state index >= 15 is 0 Å². The van der Waals surface area contributed by atoms with Crippen molar-refractivity contribution < 1.29 is 5.11 Å². The van der Waals surface area contributed by atoms with Crippen molar-refractivity contribution in [1.29, 1.82) is 0 Å². The summed E-state index contributed by atoms with van der Waals surface area (Å²) < 4.78 is 3.04. The Morgan fingerprint density at radius 1 is 1.43 bits per heavy atom. The molecule has 4 heteroatoms. The Labute approximate surface area is 94.9 Å². The van der Waals surface area contributed by atoms with Crippen molar-refractivity contribution in [3.63, 3.8) is 0 Å². The lowest BCUT2D eigenvalue weighted by atomic mass is 10.0. The minimum atomic E-state index is 0.412. The number of aromatic hydroxyl groups is 1. The number of hydrogen-bond acceptors (Lipinski definition) is 2. The largest absolute Gasteiger partial charge is 0.508 e. The average Bonchev–Trinajstić information content (AvgIpc) is 2.50. The molecule has 3 nitrogen and oxygen atoms in total. The maximum atomic E-state index is 9.73. The van der Waals surface area contributed by atoms with Crippen LogP contribution < -0.4 is 0 Å². The molecule has 1 N–H and O–H groups in total. The van der Waals surface area contributed by atoms with Crippen LogP contribution in [0.1, 0.15) is 12.0 Å². The first-order valence-electron chi connectivity index (χ1n) is 4.64. The maximum absolute atomic E-state index is 9.73. The molecule has 2 heterocycles. The van der Waals surface area contributed by atoms with Crippen molar-refractivity contribution in [3.8, 4) is 5.75 Å². The molecule has 0 spiro atoms. The highest BCUT2D eigenvalue weighted by Crippen LogP contribution is 2.33. The number of phenolic OH excluding ortho intramolecular Hbond substituents is 1.